The van der Waals surface area contributed by atoms with Crippen LogP contribution in [0.4, 0.5) is 5.13 Å². The van der Waals surface area contributed by atoms with Crippen LogP contribution in [0, 0.1) is 11.8 Å². The molecule has 4 nitrogen and oxygen atoms in total. The zero-order valence-corrected chi connectivity index (χ0v) is 14.4. The van der Waals surface area contributed by atoms with Gasteiger partial charge in [-0.15, -0.1) is 0 Å². The Morgan fingerprint density at radius 2 is 2.04 bits per heavy atom. The molecule has 3 aromatic rings. The van der Waals surface area contributed by atoms with E-state index in [-0.39, 0.29) is 11.8 Å². The van der Waals surface area contributed by atoms with E-state index in [1.165, 1.54) is 16.7 Å². The molecule has 124 valence electrons. The summed E-state index contributed by atoms with van der Waals surface area (Å²) in [4.78, 5) is 17.2. The van der Waals surface area contributed by atoms with Crippen LogP contribution in [-0.2, 0) is 9.53 Å². The van der Waals surface area contributed by atoms with Crippen molar-refractivity contribution in [3.8, 4) is 0 Å². The van der Waals surface area contributed by atoms with Crippen molar-refractivity contribution in [1.82, 2.24) is 4.98 Å². The minimum absolute atomic E-state index is 0.0161. The van der Waals surface area contributed by atoms with Crippen molar-refractivity contribution in [2.24, 2.45) is 11.8 Å². The fourth-order valence-corrected chi connectivity index (χ4v) is 4.25. The summed E-state index contributed by atoms with van der Waals surface area (Å²) in [5.41, 5.74) is 0.965. The fourth-order valence-electron chi connectivity index (χ4n) is 3.36. The lowest BCUT2D eigenvalue weighted by molar-refractivity contribution is -0.122. The molecule has 0 spiro atoms. The standard InChI is InChI=1S/C19H20N2O2S/c1-12(13-8-10-23-11-9-13)18(22)21-19-20-17-15-5-3-2-4-14(15)6-7-16(17)24-19/h2-7,12-13H,8-11H2,1H3,(H,20,21,22)/t12-/m1/s1. The van der Waals surface area contributed by atoms with Gasteiger partial charge in [0.1, 0.15) is 0 Å². The summed E-state index contributed by atoms with van der Waals surface area (Å²) in [7, 11) is 0. The monoisotopic (exact) mass is 340 g/mol. The number of carbonyl (C=O) groups excluding carboxylic acids is 1. The topological polar surface area (TPSA) is 51.2 Å². The van der Waals surface area contributed by atoms with E-state index in [9.17, 15) is 4.79 Å². The molecule has 0 aliphatic carbocycles. The number of thiazole rings is 1. The molecular formula is C19H20N2O2S. The number of carbonyl (C=O) groups is 1. The second-order valence-electron chi connectivity index (χ2n) is 6.38. The van der Waals surface area contributed by atoms with Crippen molar-refractivity contribution in [2.45, 2.75) is 19.8 Å². The van der Waals surface area contributed by atoms with Crippen LogP contribution >= 0.6 is 11.3 Å². The summed E-state index contributed by atoms with van der Waals surface area (Å²) in [6.45, 7) is 3.53. The van der Waals surface area contributed by atoms with E-state index in [4.69, 9.17) is 4.74 Å². The number of amides is 1. The van der Waals surface area contributed by atoms with Gasteiger partial charge in [-0.2, -0.15) is 0 Å². The Morgan fingerprint density at radius 1 is 1.25 bits per heavy atom. The highest BCUT2D eigenvalue weighted by Gasteiger charge is 2.26. The van der Waals surface area contributed by atoms with Gasteiger partial charge in [0, 0.05) is 24.5 Å². The van der Waals surface area contributed by atoms with E-state index in [0.717, 1.165) is 41.7 Å². The van der Waals surface area contributed by atoms with E-state index < -0.39 is 0 Å². The maximum Gasteiger partial charge on any atom is 0.229 e. The number of nitrogens with zero attached hydrogens (tertiary/aromatic N) is 1. The molecule has 0 saturated carbocycles. The van der Waals surface area contributed by atoms with E-state index in [1.54, 1.807) is 0 Å². The van der Waals surface area contributed by atoms with Gasteiger partial charge in [0.2, 0.25) is 5.91 Å². The molecule has 2 heterocycles. The molecule has 0 radical (unpaired) electrons. The molecule has 1 saturated heterocycles. The van der Waals surface area contributed by atoms with Gasteiger partial charge in [0.05, 0.1) is 10.2 Å². The third kappa shape index (κ3) is 2.89. The molecule has 1 aromatic heterocycles. The quantitative estimate of drug-likeness (QED) is 0.766. The zero-order valence-electron chi connectivity index (χ0n) is 13.6. The van der Waals surface area contributed by atoms with Crippen LogP contribution in [0.2, 0.25) is 0 Å². The Bertz CT molecular complexity index is 883. The molecule has 2 aromatic carbocycles. The molecule has 1 N–H and O–H groups in total. The first-order valence-corrected chi connectivity index (χ1v) is 9.21. The van der Waals surface area contributed by atoms with Gasteiger partial charge < -0.3 is 10.1 Å². The molecule has 0 unspecified atom stereocenters. The van der Waals surface area contributed by atoms with Gasteiger partial charge in [-0.3, -0.25) is 4.79 Å². The molecule has 24 heavy (non-hydrogen) atoms. The molecular weight excluding hydrogens is 320 g/mol. The van der Waals surface area contributed by atoms with Gasteiger partial charge >= 0.3 is 0 Å². The van der Waals surface area contributed by atoms with E-state index in [1.807, 2.05) is 19.1 Å². The van der Waals surface area contributed by atoms with Crippen LogP contribution < -0.4 is 5.32 Å². The Hall–Kier alpha value is -1.98. The van der Waals surface area contributed by atoms with Gasteiger partial charge in [0.15, 0.2) is 5.13 Å². The van der Waals surface area contributed by atoms with Crippen molar-refractivity contribution in [3.05, 3.63) is 36.4 Å². The first-order chi connectivity index (χ1) is 11.7. The molecule has 1 fully saturated rings. The van der Waals surface area contributed by atoms with Crippen molar-refractivity contribution in [2.75, 3.05) is 18.5 Å². The summed E-state index contributed by atoms with van der Waals surface area (Å²) in [5, 5.41) is 6.01. The lowest BCUT2D eigenvalue weighted by atomic mass is 9.87. The third-order valence-electron chi connectivity index (χ3n) is 4.90. The number of rotatable bonds is 3. The molecule has 1 amide bonds. The highest BCUT2D eigenvalue weighted by molar-refractivity contribution is 7.22. The van der Waals surface area contributed by atoms with E-state index >= 15 is 0 Å². The SMILES string of the molecule is C[C@@H](C(=O)Nc1nc2c(ccc3ccccc32)s1)C1CCOCC1. The van der Waals surface area contributed by atoms with E-state index in [2.05, 4.69) is 34.6 Å². The van der Waals surface area contributed by atoms with Gasteiger partial charge in [-0.25, -0.2) is 4.98 Å². The molecule has 1 aliphatic rings. The highest BCUT2D eigenvalue weighted by Crippen LogP contribution is 2.32. The summed E-state index contributed by atoms with van der Waals surface area (Å²) >= 11 is 1.54. The molecule has 1 aliphatic heterocycles. The van der Waals surface area contributed by atoms with Crippen LogP contribution in [0.3, 0.4) is 0 Å². The number of fused-ring (bicyclic) bond motifs is 3. The van der Waals surface area contributed by atoms with Gasteiger partial charge in [0.25, 0.3) is 0 Å². The number of aromatic nitrogens is 1. The van der Waals surface area contributed by atoms with Crippen LogP contribution in [-0.4, -0.2) is 24.1 Å². The Labute approximate surface area is 144 Å². The predicted octanol–water partition coefficient (Wildman–Crippen LogP) is 4.45. The van der Waals surface area contributed by atoms with Gasteiger partial charge in [-0.05, 0) is 30.2 Å². The number of nitrogens with one attached hydrogen (secondary N) is 1. The summed E-state index contributed by atoms with van der Waals surface area (Å²) in [6.07, 6.45) is 1.91. The fraction of sp³-hybridized carbons (Fsp3) is 0.368. The van der Waals surface area contributed by atoms with Crippen LogP contribution in [0.5, 0.6) is 0 Å². The van der Waals surface area contributed by atoms with Crippen LogP contribution in [0.1, 0.15) is 19.8 Å². The lowest BCUT2D eigenvalue weighted by Gasteiger charge is -2.26. The first kappa shape index (κ1) is 15.5. The maximum atomic E-state index is 12.6. The van der Waals surface area contributed by atoms with E-state index in [0.29, 0.717) is 11.0 Å². The van der Waals surface area contributed by atoms with Crippen molar-refractivity contribution >= 4 is 43.4 Å². The second kappa shape index (κ2) is 6.49. The van der Waals surface area contributed by atoms with Gasteiger partial charge in [-0.1, -0.05) is 48.6 Å². The molecule has 5 heteroatoms. The lowest BCUT2D eigenvalue weighted by Crippen LogP contribution is -2.30. The molecule has 4 rings (SSSR count). The average molecular weight is 340 g/mol. The first-order valence-electron chi connectivity index (χ1n) is 8.39. The highest BCUT2D eigenvalue weighted by atomic mass is 32.1. The third-order valence-corrected chi connectivity index (χ3v) is 5.84. The number of benzene rings is 2. The Kier molecular flexibility index (Phi) is 4.21. The Morgan fingerprint density at radius 3 is 2.88 bits per heavy atom. The predicted molar refractivity (Wildman–Crippen MR) is 98.5 cm³/mol. The number of ether oxygens (including phenoxy) is 1. The summed E-state index contributed by atoms with van der Waals surface area (Å²) in [6, 6.07) is 12.4. The van der Waals surface area contributed by atoms with Crippen LogP contribution in [0.15, 0.2) is 36.4 Å². The molecule has 1 atom stereocenters. The molecule has 0 bridgehead atoms. The largest absolute Gasteiger partial charge is 0.381 e. The average Bonchev–Trinajstić information content (AvgIpc) is 3.04. The van der Waals surface area contributed by atoms with Crippen molar-refractivity contribution in [3.63, 3.8) is 0 Å². The smallest absolute Gasteiger partial charge is 0.229 e. The zero-order chi connectivity index (χ0) is 16.5. The number of hydrogen-bond donors (Lipinski definition) is 1. The van der Waals surface area contributed by atoms with Crippen LogP contribution in [0.25, 0.3) is 21.0 Å². The minimum atomic E-state index is -0.0161. The normalized spacial score (nSPS) is 17.2. The second-order valence-corrected chi connectivity index (χ2v) is 7.41. The van der Waals surface area contributed by atoms with Crippen molar-refractivity contribution in [1.29, 1.82) is 0 Å². The Balaban J connectivity index is 1.58. The summed E-state index contributed by atoms with van der Waals surface area (Å²) in [5.74, 6) is 0.442. The maximum absolute atomic E-state index is 12.6. The summed E-state index contributed by atoms with van der Waals surface area (Å²) < 4.78 is 6.49. The number of hydrogen-bond acceptors (Lipinski definition) is 4. The van der Waals surface area contributed by atoms with Crippen molar-refractivity contribution < 1.29 is 9.53 Å². The number of anilines is 1. The minimum Gasteiger partial charge on any atom is -0.381 e.